The summed E-state index contributed by atoms with van der Waals surface area (Å²) < 4.78 is 11.8. The van der Waals surface area contributed by atoms with Crippen molar-refractivity contribution in [1.29, 1.82) is 0 Å². The van der Waals surface area contributed by atoms with Gasteiger partial charge in [-0.15, -0.1) is 0 Å². The molecule has 0 rings (SSSR count). The van der Waals surface area contributed by atoms with E-state index in [1.807, 2.05) is 0 Å². The molecule has 0 fully saturated rings. The van der Waals surface area contributed by atoms with Crippen molar-refractivity contribution in [2.45, 2.75) is 0 Å². The number of rotatable bonds is 3. The Kier molecular flexibility index (Phi) is 3.63. The van der Waals surface area contributed by atoms with Crippen molar-refractivity contribution in [3.05, 3.63) is 25.2 Å². The lowest BCUT2D eigenvalue weighted by Crippen LogP contribution is -2.03. The van der Waals surface area contributed by atoms with Gasteiger partial charge in [0.25, 0.3) is 0 Å². The summed E-state index contributed by atoms with van der Waals surface area (Å²) in [5.41, 5.74) is 0.183. The maximum atomic E-state index is 11.8. The van der Waals surface area contributed by atoms with Gasteiger partial charge in [-0.3, -0.25) is 0 Å². The zero-order valence-electron chi connectivity index (χ0n) is 4.97. The van der Waals surface area contributed by atoms with Crippen LogP contribution < -0.4 is 0 Å². The molecule has 0 aromatic carbocycles. The fraction of sp³-hybridized carbons (Fsp3) is 0. The molecule has 0 unspecified atom stereocenters. The lowest BCUT2D eigenvalue weighted by atomic mass is 9.93. The summed E-state index contributed by atoms with van der Waals surface area (Å²) in [6.45, 7) is 6.16. The third-order valence-corrected chi connectivity index (χ3v) is 0.663. The molecule has 0 radical (unpaired) electrons. The highest BCUT2D eigenvalue weighted by atomic mass is 19.1. The molecule has 48 valence electrons. The fourth-order valence-corrected chi connectivity index (χ4v) is 0.301. The SMILES string of the molecule is C=C/C(BO)=N\C(=C)F. The van der Waals surface area contributed by atoms with Crippen LogP contribution in [-0.2, 0) is 0 Å². The Morgan fingerprint density at radius 3 is 2.44 bits per heavy atom. The van der Waals surface area contributed by atoms with Gasteiger partial charge in [-0.05, 0) is 6.58 Å². The largest absolute Gasteiger partial charge is 0.448 e. The first kappa shape index (κ1) is 8.10. The van der Waals surface area contributed by atoms with Gasteiger partial charge in [-0.2, -0.15) is 4.39 Å². The van der Waals surface area contributed by atoms with Crippen molar-refractivity contribution in [3.63, 3.8) is 0 Å². The number of hydrogen-bond acceptors (Lipinski definition) is 2. The second kappa shape index (κ2) is 4.03. The van der Waals surface area contributed by atoms with E-state index in [2.05, 4.69) is 18.2 Å². The van der Waals surface area contributed by atoms with E-state index in [-0.39, 0.29) is 13.1 Å². The van der Waals surface area contributed by atoms with Gasteiger partial charge in [0.15, 0.2) is 0 Å². The van der Waals surface area contributed by atoms with Gasteiger partial charge in [-0.25, -0.2) is 4.99 Å². The highest BCUT2D eigenvalue weighted by molar-refractivity contribution is 6.72. The van der Waals surface area contributed by atoms with Gasteiger partial charge < -0.3 is 5.02 Å². The van der Waals surface area contributed by atoms with Crippen molar-refractivity contribution >= 4 is 13.1 Å². The number of allylic oxidation sites excluding steroid dienone is 1. The van der Waals surface area contributed by atoms with Crippen LogP contribution in [0.1, 0.15) is 0 Å². The lowest BCUT2D eigenvalue weighted by Gasteiger charge is -1.88. The van der Waals surface area contributed by atoms with Gasteiger partial charge in [0.2, 0.25) is 5.95 Å². The molecule has 0 atom stereocenters. The Morgan fingerprint density at radius 1 is 1.78 bits per heavy atom. The summed E-state index contributed by atoms with van der Waals surface area (Å²) in [6.07, 6.45) is 1.27. The zero-order valence-corrected chi connectivity index (χ0v) is 4.97. The Bertz CT molecular complexity index is 155. The van der Waals surface area contributed by atoms with Crippen LogP contribution in [0.2, 0.25) is 0 Å². The van der Waals surface area contributed by atoms with Crippen LogP contribution in [-0.4, -0.2) is 18.1 Å². The van der Waals surface area contributed by atoms with Gasteiger partial charge in [0.1, 0.15) is 0 Å². The van der Waals surface area contributed by atoms with E-state index in [0.29, 0.717) is 0 Å². The standard InChI is InChI=1S/C5H7BFNO/c1-3-5(6-9)8-4(2)7/h3,6,9H,1-2H2/b8-5+. The third kappa shape index (κ3) is 3.67. The minimum absolute atomic E-state index is 0.183. The number of nitrogens with zero attached hydrogens (tertiary/aromatic N) is 1. The Balaban J connectivity index is 4.07. The molecule has 0 aliphatic heterocycles. The molecule has 1 N–H and O–H groups in total. The molecular weight excluding hydrogens is 120 g/mol. The van der Waals surface area contributed by atoms with E-state index < -0.39 is 5.95 Å². The normalized spacial score (nSPS) is 10.7. The van der Waals surface area contributed by atoms with Gasteiger partial charge in [0, 0.05) is 5.61 Å². The quantitative estimate of drug-likeness (QED) is 0.331. The average molecular weight is 127 g/mol. The minimum atomic E-state index is -0.820. The maximum absolute atomic E-state index is 11.8. The molecule has 0 aromatic heterocycles. The average Bonchev–Trinajstić information content (AvgIpc) is 1.82. The van der Waals surface area contributed by atoms with E-state index in [4.69, 9.17) is 5.02 Å². The maximum Gasteiger partial charge on any atom is 0.325 e. The van der Waals surface area contributed by atoms with Crippen molar-refractivity contribution < 1.29 is 9.41 Å². The van der Waals surface area contributed by atoms with E-state index in [1.54, 1.807) is 0 Å². The highest BCUT2D eigenvalue weighted by Gasteiger charge is 1.92. The van der Waals surface area contributed by atoms with Crippen LogP contribution in [0.15, 0.2) is 30.2 Å². The fourth-order valence-electron chi connectivity index (χ4n) is 0.301. The number of halogens is 1. The molecule has 0 amide bonds. The minimum Gasteiger partial charge on any atom is -0.448 e. The number of aliphatic imine (C=N–C) groups is 1. The van der Waals surface area contributed by atoms with Crippen LogP contribution in [0.25, 0.3) is 0 Å². The van der Waals surface area contributed by atoms with Crippen LogP contribution in [0, 0.1) is 0 Å². The smallest absolute Gasteiger partial charge is 0.325 e. The second-order valence-corrected chi connectivity index (χ2v) is 1.34. The molecule has 0 saturated carbocycles. The van der Waals surface area contributed by atoms with Crippen molar-refractivity contribution in [2.24, 2.45) is 4.99 Å². The summed E-state index contributed by atoms with van der Waals surface area (Å²) >= 11 is 0. The van der Waals surface area contributed by atoms with Gasteiger partial charge in [0.05, 0.1) is 0 Å². The molecule has 0 heterocycles. The van der Waals surface area contributed by atoms with E-state index >= 15 is 0 Å². The summed E-state index contributed by atoms with van der Waals surface area (Å²) in [7, 11) is -0.313. The topological polar surface area (TPSA) is 32.6 Å². The first-order valence-electron chi connectivity index (χ1n) is 2.36. The summed E-state index contributed by atoms with van der Waals surface area (Å²) in [5, 5.41) is 8.37. The van der Waals surface area contributed by atoms with Gasteiger partial charge >= 0.3 is 7.48 Å². The Labute approximate surface area is 53.7 Å². The van der Waals surface area contributed by atoms with E-state index in [0.717, 1.165) is 0 Å². The highest BCUT2D eigenvalue weighted by Crippen LogP contribution is 1.92. The van der Waals surface area contributed by atoms with Crippen molar-refractivity contribution in [1.82, 2.24) is 0 Å². The Morgan fingerprint density at radius 2 is 2.33 bits per heavy atom. The molecule has 0 saturated heterocycles. The predicted octanol–water partition coefficient (Wildman–Crippen LogP) is 0.355. The molecule has 0 aliphatic carbocycles. The first-order chi connectivity index (χ1) is 4.20. The zero-order chi connectivity index (χ0) is 7.28. The predicted molar refractivity (Wildman–Crippen MR) is 37.2 cm³/mol. The van der Waals surface area contributed by atoms with E-state index in [1.165, 1.54) is 6.08 Å². The van der Waals surface area contributed by atoms with Crippen LogP contribution in [0.3, 0.4) is 0 Å². The molecule has 0 bridgehead atoms. The summed E-state index contributed by atoms with van der Waals surface area (Å²) in [4.78, 5) is 3.20. The van der Waals surface area contributed by atoms with Gasteiger partial charge in [-0.1, -0.05) is 12.7 Å². The van der Waals surface area contributed by atoms with Crippen molar-refractivity contribution in [2.75, 3.05) is 0 Å². The monoisotopic (exact) mass is 127 g/mol. The summed E-state index contributed by atoms with van der Waals surface area (Å²) in [6, 6.07) is 0. The van der Waals surface area contributed by atoms with Crippen LogP contribution in [0.5, 0.6) is 0 Å². The Hall–Kier alpha value is -0.895. The first-order valence-corrected chi connectivity index (χ1v) is 2.36. The third-order valence-electron chi connectivity index (χ3n) is 0.663. The van der Waals surface area contributed by atoms with E-state index in [9.17, 15) is 4.39 Å². The molecule has 0 aliphatic rings. The lowest BCUT2D eigenvalue weighted by molar-refractivity contribution is 0.614. The molecule has 2 nitrogen and oxygen atoms in total. The molecule has 4 heteroatoms. The molecule has 9 heavy (non-hydrogen) atoms. The van der Waals surface area contributed by atoms with Crippen molar-refractivity contribution in [3.8, 4) is 0 Å². The molecular formula is C5H7BFNO. The van der Waals surface area contributed by atoms with Crippen LogP contribution >= 0.6 is 0 Å². The summed E-state index contributed by atoms with van der Waals surface area (Å²) in [5.74, 6) is -0.820. The number of hydrogen-bond donors (Lipinski definition) is 1. The van der Waals surface area contributed by atoms with Crippen LogP contribution in [0.4, 0.5) is 4.39 Å². The molecule has 0 spiro atoms. The molecule has 0 aromatic rings. The second-order valence-electron chi connectivity index (χ2n) is 1.34.